The van der Waals surface area contributed by atoms with Crippen molar-refractivity contribution in [3.63, 3.8) is 0 Å². The number of methoxy groups -OCH3 is 1. The molecule has 0 bridgehead atoms. The summed E-state index contributed by atoms with van der Waals surface area (Å²) in [6, 6.07) is 5.27. The number of carbonyl (C=O) groups is 1. The molecule has 110 valence electrons. The summed E-state index contributed by atoms with van der Waals surface area (Å²) in [5, 5.41) is 3.44. The fraction of sp³-hybridized carbons (Fsp3) is 0.286. The number of hydrogen-bond acceptors (Lipinski definition) is 5. The molecule has 2 aromatic rings. The third-order valence-electron chi connectivity index (χ3n) is 3.13. The number of benzene rings is 1. The maximum atomic E-state index is 12.4. The smallest absolute Gasteiger partial charge is 0.258 e. The first-order chi connectivity index (χ1) is 10.2. The summed E-state index contributed by atoms with van der Waals surface area (Å²) in [5.41, 5.74) is 1.53. The summed E-state index contributed by atoms with van der Waals surface area (Å²) in [7, 11) is 1.57. The van der Waals surface area contributed by atoms with Crippen molar-refractivity contribution in [2.75, 3.05) is 19.0 Å². The molecule has 1 amide bonds. The van der Waals surface area contributed by atoms with Crippen LogP contribution in [0.4, 0.5) is 5.13 Å². The second-order valence-corrected chi connectivity index (χ2v) is 6.43. The van der Waals surface area contributed by atoms with E-state index in [0.717, 1.165) is 17.0 Å². The van der Waals surface area contributed by atoms with E-state index in [1.807, 2.05) is 0 Å². The summed E-state index contributed by atoms with van der Waals surface area (Å²) in [5.74, 6) is 0.419. The molecule has 0 aliphatic carbocycles. The molecule has 1 aliphatic rings. The van der Waals surface area contributed by atoms with Gasteiger partial charge in [-0.3, -0.25) is 10.1 Å². The van der Waals surface area contributed by atoms with Gasteiger partial charge in [-0.1, -0.05) is 11.3 Å². The molecule has 3 rings (SSSR count). The van der Waals surface area contributed by atoms with Gasteiger partial charge in [-0.25, -0.2) is 4.98 Å². The Balaban J connectivity index is 1.81. The summed E-state index contributed by atoms with van der Waals surface area (Å²) in [4.78, 5) is 17.9. The van der Waals surface area contributed by atoms with E-state index in [9.17, 15) is 4.79 Å². The van der Waals surface area contributed by atoms with Crippen LogP contribution in [0.25, 0.3) is 0 Å². The third-order valence-corrected chi connectivity index (χ3v) is 4.81. The topological polar surface area (TPSA) is 60.5 Å². The van der Waals surface area contributed by atoms with Crippen LogP contribution in [0.15, 0.2) is 22.7 Å². The number of rotatable bonds is 3. The molecule has 0 spiro atoms. The first-order valence-electron chi connectivity index (χ1n) is 6.38. The van der Waals surface area contributed by atoms with E-state index in [4.69, 9.17) is 9.47 Å². The number of aromatic nitrogens is 1. The van der Waals surface area contributed by atoms with Crippen LogP contribution in [0.5, 0.6) is 5.75 Å². The summed E-state index contributed by atoms with van der Waals surface area (Å²) in [6.45, 7) is 1.26. The number of nitrogens with one attached hydrogen (secondary N) is 1. The second-order valence-electron chi connectivity index (χ2n) is 4.49. The minimum Gasteiger partial charge on any atom is -0.497 e. The largest absolute Gasteiger partial charge is 0.497 e. The first kappa shape index (κ1) is 14.5. The maximum absolute atomic E-state index is 12.4. The van der Waals surface area contributed by atoms with Crippen LogP contribution < -0.4 is 10.1 Å². The van der Waals surface area contributed by atoms with Crippen molar-refractivity contribution in [2.45, 2.75) is 13.0 Å². The Labute approximate surface area is 134 Å². The number of halogens is 1. The van der Waals surface area contributed by atoms with Gasteiger partial charge in [-0.15, -0.1) is 0 Å². The molecular formula is C14H13BrN2O3S. The van der Waals surface area contributed by atoms with Gasteiger partial charge in [0.25, 0.3) is 5.91 Å². The molecule has 0 atom stereocenters. The molecule has 0 saturated heterocycles. The molecule has 0 saturated carbocycles. The van der Waals surface area contributed by atoms with Crippen molar-refractivity contribution in [3.8, 4) is 5.75 Å². The van der Waals surface area contributed by atoms with Crippen LogP contribution in [-0.2, 0) is 17.8 Å². The van der Waals surface area contributed by atoms with Crippen LogP contribution in [0, 0.1) is 0 Å². The van der Waals surface area contributed by atoms with Gasteiger partial charge in [-0.2, -0.15) is 0 Å². The van der Waals surface area contributed by atoms with Crippen molar-refractivity contribution < 1.29 is 14.3 Å². The minimum absolute atomic E-state index is 0.215. The van der Waals surface area contributed by atoms with Crippen LogP contribution in [0.3, 0.4) is 0 Å². The lowest BCUT2D eigenvalue weighted by atomic mass is 10.2. The van der Waals surface area contributed by atoms with Gasteiger partial charge in [0.1, 0.15) is 5.75 Å². The Morgan fingerprint density at radius 3 is 3.14 bits per heavy atom. The van der Waals surface area contributed by atoms with Crippen molar-refractivity contribution >= 4 is 38.3 Å². The van der Waals surface area contributed by atoms with Gasteiger partial charge in [0.2, 0.25) is 0 Å². The van der Waals surface area contributed by atoms with Crippen LogP contribution in [0.2, 0.25) is 0 Å². The molecule has 0 fully saturated rings. The number of carbonyl (C=O) groups excluding carboxylic acids is 1. The molecule has 7 heteroatoms. The van der Waals surface area contributed by atoms with Gasteiger partial charge in [0, 0.05) is 10.9 Å². The molecule has 1 N–H and O–H groups in total. The zero-order valence-electron chi connectivity index (χ0n) is 11.3. The number of ether oxygens (including phenoxy) is 2. The highest BCUT2D eigenvalue weighted by atomic mass is 79.9. The molecule has 0 radical (unpaired) electrons. The van der Waals surface area contributed by atoms with Gasteiger partial charge in [0.05, 0.1) is 36.5 Å². The number of anilines is 1. The van der Waals surface area contributed by atoms with Crippen LogP contribution >= 0.6 is 27.3 Å². The summed E-state index contributed by atoms with van der Waals surface area (Å²) < 4.78 is 11.2. The van der Waals surface area contributed by atoms with E-state index >= 15 is 0 Å². The average Bonchev–Trinajstić information content (AvgIpc) is 2.89. The molecule has 2 heterocycles. The standard InChI is InChI=1S/C14H13BrN2O3S/c1-19-8-2-3-10(15)9(6-8)13(18)17-14-16-11-4-5-20-7-12(11)21-14/h2-3,6H,4-5,7H2,1H3,(H,16,17,18). The monoisotopic (exact) mass is 368 g/mol. The van der Waals surface area contributed by atoms with E-state index in [1.165, 1.54) is 11.3 Å². The van der Waals surface area contributed by atoms with E-state index < -0.39 is 0 Å². The van der Waals surface area contributed by atoms with E-state index in [-0.39, 0.29) is 5.91 Å². The number of thiazole rings is 1. The molecule has 1 aromatic heterocycles. The van der Waals surface area contributed by atoms with Crippen molar-refractivity contribution in [3.05, 3.63) is 38.8 Å². The second kappa shape index (κ2) is 6.13. The highest BCUT2D eigenvalue weighted by molar-refractivity contribution is 9.10. The Bertz CT molecular complexity index is 663. The molecule has 5 nitrogen and oxygen atoms in total. The lowest BCUT2D eigenvalue weighted by Crippen LogP contribution is -2.13. The Hall–Kier alpha value is -1.44. The Morgan fingerprint density at radius 1 is 1.52 bits per heavy atom. The predicted octanol–water partition coefficient (Wildman–Crippen LogP) is 3.24. The van der Waals surface area contributed by atoms with Gasteiger partial charge < -0.3 is 9.47 Å². The summed E-state index contributed by atoms with van der Waals surface area (Å²) in [6.07, 6.45) is 0.796. The maximum Gasteiger partial charge on any atom is 0.258 e. The molecule has 0 unspecified atom stereocenters. The Morgan fingerprint density at radius 2 is 2.38 bits per heavy atom. The number of fused-ring (bicyclic) bond motifs is 1. The number of nitrogens with zero attached hydrogens (tertiary/aromatic N) is 1. The predicted molar refractivity (Wildman–Crippen MR) is 84.1 cm³/mol. The highest BCUT2D eigenvalue weighted by Gasteiger charge is 2.18. The van der Waals surface area contributed by atoms with Gasteiger partial charge >= 0.3 is 0 Å². The highest BCUT2D eigenvalue weighted by Crippen LogP contribution is 2.28. The fourth-order valence-corrected chi connectivity index (χ4v) is 3.42. The zero-order valence-corrected chi connectivity index (χ0v) is 13.7. The lowest BCUT2D eigenvalue weighted by molar-refractivity contribution is 0.102. The molecular weight excluding hydrogens is 356 g/mol. The van der Waals surface area contributed by atoms with Gasteiger partial charge in [-0.05, 0) is 34.1 Å². The van der Waals surface area contributed by atoms with Crippen molar-refractivity contribution in [1.29, 1.82) is 0 Å². The zero-order chi connectivity index (χ0) is 14.8. The van der Waals surface area contributed by atoms with Crippen LogP contribution in [0.1, 0.15) is 20.9 Å². The normalized spacial score (nSPS) is 13.6. The molecule has 1 aromatic carbocycles. The average molecular weight is 369 g/mol. The quantitative estimate of drug-likeness (QED) is 0.903. The molecule has 1 aliphatic heterocycles. The first-order valence-corrected chi connectivity index (χ1v) is 7.99. The summed E-state index contributed by atoms with van der Waals surface area (Å²) >= 11 is 4.84. The van der Waals surface area contributed by atoms with E-state index in [0.29, 0.717) is 34.1 Å². The molecule has 21 heavy (non-hydrogen) atoms. The fourth-order valence-electron chi connectivity index (χ4n) is 2.05. The van der Waals surface area contributed by atoms with E-state index in [2.05, 4.69) is 26.2 Å². The SMILES string of the molecule is COc1ccc(Br)c(C(=O)Nc2nc3c(s2)COCC3)c1. The lowest BCUT2D eigenvalue weighted by Gasteiger charge is -2.08. The number of amides is 1. The van der Waals surface area contributed by atoms with Crippen LogP contribution in [-0.4, -0.2) is 24.6 Å². The third kappa shape index (κ3) is 3.09. The Kier molecular flexibility index (Phi) is 4.23. The van der Waals surface area contributed by atoms with Gasteiger partial charge in [0.15, 0.2) is 5.13 Å². The van der Waals surface area contributed by atoms with Crippen molar-refractivity contribution in [1.82, 2.24) is 4.98 Å². The van der Waals surface area contributed by atoms with Crippen molar-refractivity contribution in [2.24, 2.45) is 0 Å². The van der Waals surface area contributed by atoms with E-state index in [1.54, 1.807) is 25.3 Å². The minimum atomic E-state index is -0.215. The number of hydrogen-bond donors (Lipinski definition) is 1.